The molecule has 1 amide bonds. The summed E-state index contributed by atoms with van der Waals surface area (Å²) in [6.45, 7) is 4.14. The van der Waals surface area contributed by atoms with Crippen molar-refractivity contribution in [3.8, 4) is 0 Å². The van der Waals surface area contributed by atoms with Crippen LogP contribution in [0.15, 0.2) is 24.3 Å². The summed E-state index contributed by atoms with van der Waals surface area (Å²) in [5.74, 6) is 0.201. The van der Waals surface area contributed by atoms with E-state index in [1.54, 1.807) is 0 Å². The molecule has 0 saturated carbocycles. The predicted octanol–water partition coefficient (Wildman–Crippen LogP) is 2.50. The molecule has 0 radical (unpaired) electrons. The number of anilines is 1. The van der Waals surface area contributed by atoms with E-state index in [9.17, 15) is 4.79 Å². The number of ether oxygens (including phenoxy) is 1. The van der Waals surface area contributed by atoms with Gasteiger partial charge in [0.05, 0.1) is 0 Å². The Morgan fingerprint density at radius 3 is 3.00 bits per heavy atom. The van der Waals surface area contributed by atoms with Crippen LogP contribution in [-0.4, -0.2) is 32.7 Å². The van der Waals surface area contributed by atoms with Crippen molar-refractivity contribution in [2.45, 2.75) is 32.2 Å². The first kappa shape index (κ1) is 15.0. The van der Waals surface area contributed by atoms with Crippen molar-refractivity contribution in [1.29, 1.82) is 0 Å². The fraction of sp³-hybridized carbons (Fsp3) is 0.562. The largest absolute Gasteiger partial charge is 0.382 e. The summed E-state index contributed by atoms with van der Waals surface area (Å²) >= 11 is 0. The number of carbonyl (C=O) groups excluding carboxylic acids is 1. The minimum Gasteiger partial charge on any atom is -0.382 e. The lowest BCUT2D eigenvalue weighted by molar-refractivity contribution is -0.119. The number of fused-ring (bicyclic) bond motifs is 1. The molecule has 2 rings (SSSR count). The second-order valence-electron chi connectivity index (χ2n) is 5.03. The normalized spacial score (nSPS) is 17.9. The highest BCUT2D eigenvalue weighted by Gasteiger charge is 2.26. The first-order valence-electron chi connectivity index (χ1n) is 7.42. The zero-order valence-electron chi connectivity index (χ0n) is 12.4. The molecule has 0 aliphatic carbocycles. The van der Waals surface area contributed by atoms with E-state index in [0.717, 1.165) is 25.1 Å². The topological polar surface area (TPSA) is 41.6 Å². The van der Waals surface area contributed by atoms with Crippen molar-refractivity contribution in [3.63, 3.8) is 0 Å². The number of hydrogen-bond acceptors (Lipinski definition) is 3. The molecule has 1 aliphatic rings. The molecule has 0 spiro atoms. The zero-order valence-corrected chi connectivity index (χ0v) is 12.4. The summed E-state index contributed by atoms with van der Waals surface area (Å²) in [5, 5.41) is 3.32. The Morgan fingerprint density at radius 1 is 1.45 bits per heavy atom. The number of carbonyl (C=O) groups is 1. The highest BCUT2D eigenvalue weighted by Crippen LogP contribution is 2.33. The van der Waals surface area contributed by atoms with Crippen LogP contribution in [0.3, 0.4) is 0 Å². The van der Waals surface area contributed by atoms with Gasteiger partial charge in [0.2, 0.25) is 5.91 Å². The Labute approximate surface area is 121 Å². The maximum absolute atomic E-state index is 12.4. The van der Waals surface area contributed by atoms with Gasteiger partial charge in [0.25, 0.3) is 0 Å². The average molecular weight is 276 g/mol. The Morgan fingerprint density at radius 2 is 2.25 bits per heavy atom. The van der Waals surface area contributed by atoms with E-state index in [1.807, 2.05) is 37.1 Å². The van der Waals surface area contributed by atoms with Gasteiger partial charge in [0.15, 0.2) is 0 Å². The van der Waals surface area contributed by atoms with Gasteiger partial charge in [-0.2, -0.15) is 0 Å². The maximum Gasteiger partial charge on any atom is 0.227 e. The minimum absolute atomic E-state index is 0.201. The van der Waals surface area contributed by atoms with E-state index in [1.165, 1.54) is 5.56 Å². The lowest BCUT2D eigenvalue weighted by Gasteiger charge is -2.34. The van der Waals surface area contributed by atoms with Crippen molar-refractivity contribution >= 4 is 11.6 Å². The van der Waals surface area contributed by atoms with Crippen LogP contribution in [0.4, 0.5) is 5.69 Å². The second kappa shape index (κ2) is 7.41. The molecule has 0 bridgehead atoms. The number of hydrogen-bond donors (Lipinski definition) is 1. The average Bonchev–Trinajstić information content (AvgIpc) is 2.50. The Kier molecular flexibility index (Phi) is 5.56. The molecular weight excluding hydrogens is 252 g/mol. The number of nitrogens with one attached hydrogen (secondary N) is 1. The number of benzene rings is 1. The van der Waals surface area contributed by atoms with Crippen molar-refractivity contribution in [2.75, 3.05) is 31.7 Å². The standard InChI is InChI=1S/C16H24N2O2/c1-3-20-12-6-9-16(19)18-11-10-14(17-2)13-7-4-5-8-15(13)18/h4-5,7-8,14,17H,3,6,9-12H2,1-2H3. The van der Waals surface area contributed by atoms with E-state index in [4.69, 9.17) is 4.74 Å². The molecule has 0 saturated heterocycles. The summed E-state index contributed by atoms with van der Waals surface area (Å²) < 4.78 is 5.29. The van der Waals surface area contributed by atoms with Crippen molar-refractivity contribution in [3.05, 3.63) is 29.8 Å². The van der Waals surface area contributed by atoms with E-state index < -0.39 is 0 Å². The maximum atomic E-state index is 12.4. The monoisotopic (exact) mass is 276 g/mol. The summed E-state index contributed by atoms with van der Waals surface area (Å²) in [5.41, 5.74) is 2.28. The van der Waals surface area contributed by atoms with Gasteiger partial charge in [0.1, 0.15) is 0 Å². The molecule has 1 aliphatic heterocycles. The summed E-state index contributed by atoms with van der Waals surface area (Å²) in [6.07, 6.45) is 2.31. The van der Waals surface area contributed by atoms with Crippen LogP contribution >= 0.6 is 0 Å². The second-order valence-corrected chi connectivity index (χ2v) is 5.03. The van der Waals surface area contributed by atoms with Gasteiger partial charge < -0.3 is 15.0 Å². The number of rotatable bonds is 6. The molecule has 1 aromatic rings. The Bertz CT molecular complexity index is 448. The van der Waals surface area contributed by atoms with Crippen LogP contribution in [-0.2, 0) is 9.53 Å². The smallest absolute Gasteiger partial charge is 0.227 e. The SMILES string of the molecule is CCOCCCC(=O)N1CCC(NC)c2ccccc21. The van der Waals surface area contributed by atoms with E-state index >= 15 is 0 Å². The molecule has 1 heterocycles. The summed E-state index contributed by atoms with van der Waals surface area (Å²) in [4.78, 5) is 14.3. The van der Waals surface area contributed by atoms with E-state index in [2.05, 4.69) is 11.4 Å². The van der Waals surface area contributed by atoms with Crippen LogP contribution in [0.25, 0.3) is 0 Å². The van der Waals surface area contributed by atoms with Gasteiger partial charge in [-0.25, -0.2) is 0 Å². The van der Waals surface area contributed by atoms with Gasteiger partial charge in [-0.15, -0.1) is 0 Å². The van der Waals surface area contributed by atoms with Gasteiger partial charge in [-0.05, 0) is 38.4 Å². The van der Waals surface area contributed by atoms with Gasteiger partial charge in [-0.3, -0.25) is 4.79 Å². The van der Waals surface area contributed by atoms with Crippen LogP contribution < -0.4 is 10.2 Å². The molecule has 1 aromatic carbocycles. The lowest BCUT2D eigenvalue weighted by atomic mass is 9.96. The molecule has 1 unspecified atom stereocenters. The third-order valence-corrected chi connectivity index (χ3v) is 3.78. The van der Waals surface area contributed by atoms with Crippen molar-refractivity contribution in [1.82, 2.24) is 5.32 Å². The van der Waals surface area contributed by atoms with E-state index in [-0.39, 0.29) is 5.91 Å². The Balaban J connectivity index is 2.04. The molecule has 1 atom stereocenters. The molecule has 4 heteroatoms. The number of nitrogens with zero attached hydrogens (tertiary/aromatic N) is 1. The fourth-order valence-electron chi connectivity index (χ4n) is 2.73. The molecular formula is C16H24N2O2. The quantitative estimate of drug-likeness (QED) is 0.812. The molecule has 110 valence electrons. The first-order valence-corrected chi connectivity index (χ1v) is 7.42. The fourth-order valence-corrected chi connectivity index (χ4v) is 2.73. The highest BCUT2D eigenvalue weighted by molar-refractivity contribution is 5.94. The van der Waals surface area contributed by atoms with Crippen LogP contribution in [0.5, 0.6) is 0 Å². The van der Waals surface area contributed by atoms with Crippen molar-refractivity contribution in [2.24, 2.45) is 0 Å². The lowest BCUT2D eigenvalue weighted by Crippen LogP contribution is -2.39. The van der Waals surface area contributed by atoms with Gasteiger partial charge >= 0.3 is 0 Å². The zero-order chi connectivity index (χ0) is 14.4. The molecule has 1 N–H and O–H groups in total. The van der Waals surface area contributed by atoms with Crippen molar-refractivity contribution < 1.29 is 9.53 Å². The van der Waals surface area contributed by atoms with Gasteiger partial charge in [-0.1, -0.05) is 18.2 Å². The minimum atomic E-state index is 0.201. The molecule has 20 heavy (non-hydrogen) atoms. The van der Waals surface area contributed by atoms with Gasteiger partial charge in [0, 0.05) is 37.9 Å². The van der Waals surface area contributed by atoms with Crippen LogP contribution in [0.1, 0.15) is 37.8 Å². The molecule has 0 aromatic heterocycles. The van der Waals surface area contributed by atoms with Crippen LogP contribution in [0, 0.1) is 0 Å². The predicted molar refractivity (Wildman–Crippen MR) is 80.9 cm³/mol. The number of para-hydroxylation sites is 1. The Hall–Kier alpha value is -1.39. The molecule has 4 nitrogen and oxygen atoms in total. The summed E-state index contributed by atoms with van der Waals surface area (Å²) in [7, 11) is 1.97. The number of amides is 1. The molecule has 0 fully saturated rings. The first-order chi connectivity index (χ1) is 9.77. The summed E-state index contributed by atoms with van der Waals surface area (Å²) in [6, 6.07) is 8.53. The third kappa shape index (κ3) is 3.38. The van der Waals surface area contributed by atoms with E-state index in [0.29, 0.717) is 25.7 Å². The van der Waals surface area contributed by atoms with Crippen LogP contribution in [0.2, 0.25) is 0 Å². The third-order valence-electron chi connectivity index (χ3n) is 3.78. The highest BCUT2D eigenvalue weighted by atomic mass is 16.5.